The molecule has 0 amide bonds. The third-order valence-corrected chi connectivity index (χ3v) is 3.95. The van der Waals surface area contributed by atoms with E-state index in [0.717, 1.165) is 16.9 Å². The number of hydrogen-bond acceptors (Lipinski definition) is 2. The molecule has 0 spiro atoms. The minimum atomic E-state index is -0.516. The Hall–Kier alpha value is -1.22. The SMILES string of the molecule is COc1cccc(CC(O)Cc2cccc(Cl)c2Cl)c1. The molecule has 1 N–H and O–H groups in total. The van der Waals surface area contributed by atoms with Gasteiger partial charge in [0.1, 0.15) is 5.75 Å². The summed E-state index contributed by atoms with van der Waals surface area (Å²) >= 11 is 12.1. The Labute approximate surface area is 128 Å². The van der Waals surface area contributed by atoms with Gasteiger partial charge in [-0.15, -0.1) is 0 Å². The van der Waals surface area contributed by atoms with Crippen molar-refractivity contribution < 1.29 is 9.84 Å². The van der Waals surface area contributed by atoms with Crippen LogP contribution < -0.4 is 4.74 Å². The highest BCUT2D eigenvalue weighted by atomic mass is 35.5. The van der Waals surface area contributed by atoms with Crippen molar-refractivity contribution in [2.75, 3.05) is 7.11 Å². The first-order valence-electron chi connectivity index (χ1n) is 6.34. The highest BCUT2D eigenvalue weighted by molar-refractivity contribution is 6.42. The molecule has 0 saturated heterocycles. The number of benzene rings is 2. The van der Waals surface area contributed by atoms with Crippen LogP contribution >= 0.6 is 23.2 Å². The summed E-state index contributed by atoms with van der Waals surface area (Å²) in [6.07, 6.45) is 0.495. The molecule has 106 valence electrons. The number of halogens is 2. The molecule has 4 heteroatoms. The summed E-state index contributed by atoms with van der Waals surface area (Å²) in [5.41, 5.74) is 1.88. The van der Waals surface area contributed by atoms with Crippen LogP contribution in [0.2, 0.25) is 10.0 Å². The van der Waals surface area contributed by atoms with Gasteiger partial charge in [-0.1, -0.05) is 47.5 Å². The topological polar surface area (TPSA) is 29.5 Å². The molecule has 2 nitrogen and oxygen atoms in total. The van der Waals surface area contributed by atoms with E-state index in [0.29, 0.717) is 22.9 Å². The summed E-state index contributed by atoms with van der Waals surface area (Å²) in [5.74, 6) is 0.787. The van der Waals surface area contributed by atoms with Crippen LogP contribution in [0.25, 0.3) is 0 Å². The summed E-state index contributed by atoms with van der Waals surface area (Å²) < 4.78 is 5.17. The van der Waals surface area contributed by atoms with E-state index in [-0.39, 0.29) is 0 Å². The van der Waals surface area contributed by atoms with Crippen molar-refractivity contribution in [2.45, 2.75) is 18.9 Å². The van der Waals surface area contributed by atoms with E-state index in [9.17, 15) is 5.11 Å². The molecular formula is C16H16Cl2O2. The number of ether oxygens (including phenoxy) is 1. The lowest BCUT2D eigenvalue weighted by molar-refractivity contribution is 0.175. The molecule has 2 aromatic rings. The number of aliphatic hydroxyl groups is 1. The van der Waals surface area contributed by atoms with E-state index in [1.54, 1.807) is 13.2 Å². The lowest BCUT2D eigenvalue weighted by Gasteiger charge is -2.13. The van der Waals surface area contributed by atoms with E-state index < -0.39 is 6.10 Å². The Morgan fingerprint density at radius 1 is 1.10 bits per heavy atom. The summed E-state index contributed by atoms with van der Waals surface area (Å²) in [4.78, 5) is 0. The third kappa shape index (κ3) is 3.89. The number of aliphatic hydroxyl groups excluding tert-OH is 1. The molecule has 0 heterocycles. The van der Waals surface area contributed by atoms with E-state index in [1.165, 1.54) is 0 Å². The van der Waals surface area contributed by atoms with Crippen molar-refractivity contribution in [1.82, 2.24) is 0 Å². The molecule has 0 aliphatic carbocycles. The fraction of sp³-hybridized carbons (Fsp3) is 0.250. The molecule has 1 atom stereocenters. The summed E-state index contributed by atoms with van der Waals surface area (Å²) in [6, 6.07) is 13.1. The van der Waals surface area contributed by atoms with Crippen LogP contribution in [-0.2, 0) is 12.8 Å². The summed E-state index contributed by atoms with van der Waals surface area (Å²) in [5, 5.41) is 11.2. The van der Waals surface area contributed by atoms with Gasteiger partial charge < -0.3 is 9.84 Å². The zero-order chi connectivity index (χ0) is 14.5. The van der Waals surface area contributed by atoms with Gasteiger partial charge in [-0.2, -0.15) is 0 Å². The molecule has 0 bridgehead atoms. The second-order valence-electron chi connectivity index (χ2n) is 4.63. The van der Waals surface area contributed by atoms with Crippen molar-refractivity contribution in [3.63, 3.8) is 0 Å². The molecule has 0 radical (unpaired) electrons. The first kappa shape index (κ1) is 15.2. The van der Waals surface area contributed by atoms with Crippen LogP contribution in [0.15, 0.2) is 42.5 Å². The predicted molar refractivity (Wildman–Crippen MR) is 82.9 cm³/mol. The first-order valence-corrected chi connectivity index (χ1v) is 7.09. The Morgan fingerprint density at radius 2 is 1.85 bits per heavy atom. The Kier molecular flexibility index (Phi) is 5.30. The molecular weight excluding hydrogens is 295 g/mol. The average Bonchev–Trinajstić information content (AvgIpc) is 2.44. The van der Waals surface area contributed by atoms with Crippen molar-refractivity contribution in [3.05, 3.63) is 63.6 Å². The Balaban J connectivity index is 2.05. The van der Waals surface area contributed by atoms with Gasteiger partial charge in [0.2, 0.25) is 0 Å². The first-order chi connectivity index (χ1) is 9.60. The molecule has 2 aromatic carbocycles. The summed E-state index contributed by atoms with van der Waals surface area (Å²) in [7, 11) is 1.63. The predicted octanol–water partition coefficient (Wildman–Crippen LogP) is 4.15. The highest BCUT2D eigenvalue weighted by Gasteiger charge is 2.11. The Bertz CT molecular complexity index is 584. The van der Waals surface area contributed by atoms with Crippen molar-refractivity contribution in [3.8, 4) is 5.75 Å². The lowest BCUT2D eigenvalue weighted by atomic mass is 10.0. The summed E-state index contributed by atoms with van der Waals surface area (Å²) in [6.45, 7) is 0. The van der Waals surface area contributed by atoms with Gasteiger partial charge in [0.05, 0.1) is 23.3 Å². The van der Waals surface area contributed by atoms with E-state index in [2.05, 4.69) is 0 Å². The standard InChI is InChI=1S/C16H16Cl2O2/c1-20-14-6-2-4-11(9-14)8-13(19)10-12-5-3-7-15(17)16(12)18/h2-7,9,13,19H,8,10H2,1H3. The van der Waals surface area contributed by atoms with Crippen molar-refractivity contribution in [1.29, 1.82) is 0 Å². The Morgan fingerprint density at radius 3 is 2.60 bits per heavy atom. The molecule has 1 unspecified atom stereocenters. The number of hydrogen-bond donors (Lipinski definition) is 1. The quantitative estimate of drug-likeness (QED) is 0.899. The van der Waals surface area contributed by atoms with E-state index in [1.807, 2.05) is 36.4 Å². The molecule has 20 heavy (non-hydrogen) atoms. The minimum absolute atomic E-state index is 0.469. The maximum atomic E-state index is 10.2. The second kappa shape index (κ2) is 6.98. The smallest absolute Gasteiger partial charge is 0.119 e. The van der Waals surface area contributed by atoms with Gasteiger partial charge in [0.15, 0.2) is 0 Å². The molecule has 0 aromatic heterocycles. The van der Waals surface area contributed by atoms with Crippen LogP contribution in [0.5, 0.6) is 5.75 Å². The van der Waals surface area contributed by atoms with Crippen molar-refractivity contribution >= 4 is 23.2 Å². The normalized spacial score (nSPS) is 12.2. The fourth-order valence-corrected chi connectivity index (χ4v) is 2.50. The number of methoxy groups -OCH3 is 1. The minimum Gasteiger partial charge on any atom is -0.497 e. The zero-order valence-electron chi connectivity index (χ0n) is 11.1. The average molecular weight is 311 g/mol. The largest absolute Gasteiger partial charge is 0.497 e. The van der Waals surface area contributed by atoms with Gasteiger partial charge in [-0.05, 0) is 35.7 Å². The van der Waals surface area contributed by atoms with E-state index >= 15 is 0 Å². The van der Waals surface area contributed by atoms with Gasteiger partial charge in [0.25, 0.3) is 0 Å². The molecule has 0 saturated carbocycles. The maximum absolute atomic E-state index is 10.2. The van der Waals surface area contributed by atoms with Crippen LogP contribution in [-0.4, -0.2) is 18.3 Å². The van der Waals surface area contributed by atoms with E-state index in [4.69, 9.17) is 27.9 Å². The molecule has 2 rings (SSSR count). The fourth-order valence-electron chi connectivity index (χ4n) is 2.10. The molecule has 0 aliphatic heterocycles. The van der Waals surface area contributed by atoms with Crippen LogP contribution in [0.3, 0.4) is 0 Å². The van der Waals surface area contributed by atoms with Crippen LogP contribution in [0.4, 0.5) is 0 Å². The monoisotopic (exact) mass is 310 g/mol. The zero-order valence-corrected chi connectivity index (χ0v) is 12.7. The highest BCUT2D eigenvalue weighted by Crippen LogP contribution is 2.27. The van der Waals surface area contributed by atoms with Gasteiger partial charge >= 0.3 is 0 Å². The van der Waals surface area contributed by atoms with Crippen molar-refractivity contribution in [2.24, 2.45) is 0 Å². The third-order valence-electron chi connectivity index (χ3n) is 3.09. The van der Waals surface area contributed by atoms with Gasteiger partial charge in [-0.3, -0.25) is 0 Å². The lowest BCUT2D eigenvalue weighted by Crippen LogP contribution is -2.14. The molecule has 0 fully saturated rings. The van der Waals surface area contributed by atoms with Crippen LogP contribution in [0.1, 0.15) is 11.1 Å². The number of rotatable bonds is 5. The van der Waals surface area contributed by atoms with Gasteiger partial charge in [-0.25, -0.2) is 0 Å². The van der Waals surface area contributed by atoms with Crippen LogP contribution in [0, 0.1) is 0 Å². The second-order valence-corrected chi connectivity index (χ2v) is 5.41. The van der Waals surface area contributed by atoms with Gasteiger partial charge in [0, 0.05) is 6.42 Å². The maximum Gasteiger partial charge on any atom is 0.119 e. The molecule has 0 aliphatic rings.